The van der Waals surface area contributed by atoms with E-state index in [-0.39, 0.29) is 18.1 Å². The van der Waals surface area contributed by atoms with Crippen molar-refractivity contribution in [3.05, 3.63) is 60.1 Å². The van der Waals surface area contributed by atoms with Gasteiger partial charge in [0.05, 0.1) is 5.25 Å². The molecule has 2 heterocycles. The predicted molar refractivity (Wildman–Crippen MR) is 97.9 cm³/mol. The van der Waals surface area contributed by atoms with Crippen molar-refractivity contribution in [1.82, 2.24) is 9.88 Å². The first-order chi connectivity index (χ1) is 11.7. The smallest absolute Gasteiger partial charge is 0.242 e. The number of thioether (sulfide) groups is 1. The lowest BCUT2D eigenvalue weighted by atomic mass is 10.1. The van der Waals surface area contributed by atoms with Gasteiger partial charge in [0.15, 0.2) is 11.0 Å². The number of thiazole rings is 1. The van der Waals surface area contributed by atoms with Crippen molar-refractivity contribution in [2.75, 3.05) is 6.54 Å². The maximum atomic E-state index is 12.6. The molecule has 1 aromatic heterocycles. The molecule has 2 aromatic rings. The van der Waals surface area contributed by atoms with E-state index >= 15 is 0 Å². The molecule has 1 aliphatic heterocycles. The van der Waals surface area contributed by atoms with Crippen LogP contribution in [0, 0.1) is 0 Å². The number of aromatic nitrogens is 1. The molecule has 24 heavy (non-hydrogen) atoms. The van der Waals surface area contributed by atoms with Crippen molar-refractivity contribution < 1.29 is 9.59 Å². The fourth-order valence-electron chi connectivity index (χ4n) is 2.29. The number of hydrogen-bond acceptors (Lipinski definition) is 6. The highest BCUT2D eigenvalue weighted by Gasteiger charge is 2.38. The van der Waals surface area contributed by atoms with Gasteiger partial charge in [-0.25, -0.2) is 4.98 Å². The molecule has 0 aliphatic carbocycles. The molecule has 0 radical (unpaired) electrons. The van der Waals surface area contributed by atoms with Crippen molar-refractivity contribution in [1.29, 1.82) is 0 Å². The van der Waals surface area contributed by atoms with Crippen LogP contribution in [-0.4, -0.2) is 38.5 Å². The number of amidine groups is 1. The Morgan fingerprint density at radius 1 is 1.38 bits per heavy atom. The molecule has 1 unspecified atom stereocenters. The largest absolute Gasteiger partial charge is 0.294 e. The van der Waals surface area contributed by atoms with Gasteiger partial charge in [0.2, 0.25) is 11.0 Å². The van der Waals surface area contributed by atoms with Gasteiger partial charge in [-0.15, -0.1) is 17.9 Å². The van der Waals surface area contributed by atoms with Crippen LogP contribution in [0.3, 0.4) is 0 Å². The van der Waals surface area contributed by atoms with Gasteiger partial charge in [0, 0.05) is 30.1 Å². The third-order valence-corrected chi connectivity index (χ3v) is 5.25. The minimum absolute atomic E-state index is 0.0458. The zero-order chi connectivity index (χ0) is 16.9. The van der Waals surface area contributed by atoms with Crippen LogP contribution in [0.15, 0.2) is 59.6 Å². The third-order valence-electron chi connectivity index (χ3n) is 3.41. The normalized spacial score (nSPS) is 19.0. The summed E-state index contributed by atoms with van der Waals surface area (Å²) < 4.78 is 0. The van der Waals surface area contributed by atoms with E-state index < -0.39 is 5.25 Å². The summed E-state index contributed by atoms with van der Waals surface area (Å²) in [5, 5.41) is 2.53. The SMILES string of the molecule is C=CCN1C(=O)C(CC(=O)c2ccccc2)S/C1=N/c1nccs1. The van der Waals surface area contributed by atoms with Crippen molar-refractivity contribution in [2.45, 2.75) is 11.7 Å². The molecule has 1 fully saturated rings. The molecule has 0 spiro atoms. The van der Waals surface area contributed by atoms with E-state index in [9.17, 15) is 9.59 Å². The van der Waals surface area contributed by atoms with Gasteiger partial charge in [-0.3, -0.25) is 14.5 Å². The molecule has 3 rings (SSSR count). The second-order valence-corrected chi connectivity index (χ2v) is 7.09. The zero-order valence-electron chi connectivity index (χ0n) is 12.8. The standard InChI is InChI=1S/C17H15N3O2S2/c1-2-9-20-15(22)14(11-13(21)12-6-4-3-5-7-12)24-17(20)19-16-18-8-10-23-16/h2-8,10,14H,1,9,11H2/b19-17+. The van der Waals surface area contributed by atoms with Gasteiger partial charge < -0.3 is 0 Å². The van der Waals surface area contributed by atoms with E-state index in [0.29, 0.717) is 22.4 Å². The zero-order valence-corrected chi connectivity index (χ0v) is 14.4. The van der Waals surface area contributed by atoms with Crippen LogP contribution in [0.4, 0.5) is 5.13 Å². The van der Waals surface area contributed by atoms with Crippen LogP contribution < -0.4 is 0 Å². The quantitative estimate of drug-likeness (QED) is 0.586. The summed E-state index contributed by atoms with van der Waals surface area (Å²) in [5.74, 6) is -0.157. The summed E-state index contributed by atoms with van der Waals surface area (Å²) in [5.41, 5.74) is 0.617. The molecule has 1 saturated heterocycles. The number of benzene rings is 1. The molecule has 5 nitrogen and oxygen atoms in total. The number of ketones is 1. The number of Topliss-reactive ketones (excluding diaryl/α,β-unsaturated/α-hetero) is 1. The number of nitrogens with zero attached hydrogens (tertiary/aromatic N) is 3. The lowest BCUT2D eigenvalue weighted by Crippen LogP contribution is -2.32. The Morgan fingerprint density at radius 3 is 2.83 bits per heavy atom. The summed E-state index contributed by atoms with van der Waals surface area (Å²) in [4.78, 5) is 35.1. The Balaban J connectivity index is 1.79. The Bertz CT molecular complexity index is 772. The predicted octanol–water partition coefficient (Wildman–Crippen LogP) is 3.53. The number of carbonyl (C=O) groups excluding carboxylic acids is 2. The Hall–Kier alpha value is -2.25. The maximum Gasteiger partial charge on any atom is 0.242 e. The Morgan fingerprint density at radius 2 is 2.17 bits per heavy atom. The lowest BCUT2D eigenvalue weighted by Gasteiger charge is -2.13. The van der Waals surface area contributed by atoms with E-state index in [1.807, 2.05) is 23.6 Å². The molecule has 1 aromatic carbocycles. The van der Waals surface area contributed by atoms with E-state index in [1.165, 1.54) is 23.1 Å². The first-order valence-electron chi connectivity index (χ1n) is 7.34. The first kappa shape index (κ1) is 16.6. The van der Waals surface area contributed by atoms with Crippen LogP contribution in [-0.2, 0) is 4.79 Å². The van der Waals surface area contributed by atoms with E-state index in [4.69, 9.17) is 0 Å². The van der Waals surface area contributed by atoms with Crippen LogP contribution in [0.2, 0.25) is 0 Å². The summed E-state index contributed by atoms with van der Waals surface area (Å²) in [7, 11) is 0. The van der Waals surface area contributed by atoms with Crippen molar-refractivity contribution >= 4 is 45.1 Å². The lowest BCUT2D eigenvalue weighted by molar-refractivity contribution is -0.125. The second-order valence-electron chi connectivity index (χ2n) is 5.05. The van der Waals surface area contributed by atoms with Gasteiger partial charge in [0.1, 0.15) is 0 Å². The fraction of sp³-hybridized carbons (Fsp3) is 0.176. The van der Waals surface area contributed by atoms with Crippen molar-refractivity contribution in [2.24, 2.45) is 4.99 Å². The first-order valence-corrected chi connectivity index (χ1v) is 9.10. The number of aliphatic imine (C=N–C) groups is 1. The van der Waals surface area contributed by atoms with Gasteiger partial charge in [-0.1, -0.05) is 48.2 Å². The average molecular weight is 357 g/mol. The molecular formula is C17H15N3O2S2. The molecule has 0 saturated carbocycles. The molecule has 1 aliphatic rings. The molecule has 0 bridgehead atoms. The Labute approximate surface area is 148 Å². The molecule has 122 valence electrons. The minimum Gasteiger partial charge on any atom is -0.294 e. The molecule has 7 heteroatoms. The number of carbonyl (C=O) groups is 2. The van der Waals surface area contributed by atoms with Gasteiger partial charge in [-0.05, 0) is 0 Å². The summed E-state index contributed by atoms with van der Waals surface area (Å²) in [6.45, 7) is 4.05. The minimum atomic E-state index is -0.462. The average Bonchev–Trinajstić information content (AvgIpc) is 3.20. The molecule has 1 amide bonds. The second kappa shape index (κ2) is 7.55. The number of hydrogen-bond donors (Lipinski definition) is 0. The van der Waals surface area contributed by atoms with Gasteiger partial charge >= 0.3 is 0 Å². The Kier molecular flexibility index (Phi) is 5.22. The van der Waals surface area contributed by atoms with Gasteiger partial charge in [0.25, 0.3) is 0 Å². The molecule has 0 N–H and O–H groups in total. The maximum absolute atomic E-state index is 12.6. The monoisotopic (exact) mass is 357 g/mol. The van der Waals surface area contributed by atoms with Crippen LogP contribution in [0.1, 0.15) is 16.8 Å². The third kappa shape index (κ3) is 3.63. The van der Waals surface area contributed by atoms with Crippen LogP contribution in [0.25, 0.3) is 0 Å². The highest BCUT2D eigenvalue weighted by Crippen LogP contribution is 2.32. The van der Waals surface area contributed by atoms with E-state index in [2.05, 4.69) is 16.6 Å². The highest BCUT2D eigenvalue weighted by atomic mass is 32.2. The van der Waals surface area contributed by atoms with Crippen LogP contribution in [0.5, 0.6) is 0 Å². The number of rotatable bonds is 6. The summed E-state index contributed by atoms with van der Waals surface area (Å²) >= 11 is 2.71. The van der Waals surface area contributed by atoms with E-state index in [1.54, 1.807) is 29.3 Å². The summed E-state index contributed by atoms with van der Waals surface area (Å²) in [6, 6.07) is 9.01. The molecule has 1 atom stereocenters. The molecular weight excluding hydrogens is 342 g/mol. The highest BCUT2D eigenvalue weighted by molar-refractivity contribution is 8.15. The topological polar surface area (TPSA) is 62.6 Å². The fourth-order valence-corrected chi connectivity index (χ4v) is 4.00. The number of amides is 1. The van der Waals surface area contributed by atoms with Crippen molar-refractivity contribution in [3.8, 4) is 0 Å². The summed E-state index contributed by atoms with van der Waals surface area (Å²) in [6.07, 6.45) is 3.47. The van der Waals surface area contributed by atoms with Gasteiger partial charge in [-0.2, -0.15) is 4.99 Å². The van der Waals surface area contributed by atoms with E-state index in [0.717, 1.165) is 0 Å². The van der Waals surface area contributed by atoms with Crippen LogP contribution >= 0.6 is 23.1 Å². The van der Waals surface area contributed by atoms with Crippen molar-refractivity contribution in [3.63, 3.8) is 0 Å².